The number of hydrogen-bond donors (Lipinski definition) is 1. The Kier molecular flexibility index (Phi) is 3.42. The van der Waals surface area contributed by atoms with Gasteiger partial charge in [0.05, 0.1) is 5.69 Å². The first-order chi connectivity index (χ1) is 9.38. The zero-order chi connectivity index (χ0) is 13.1. The molecule has 0 saturated carbocycles. The van der Waals surface area contributed by atoms with Gasteiger partial charge in [-0.15, -0.1) is 5.10 Å². The summed E-state index contributed by atoms with van der Waals surface area (Å²) in [7, 11) is 0. The van der Waals surface area contributed by atoms with Gasteiger partial charge in [-0.2, -0.15) is 5.10 Å². The molecule has 1 N–H and O–H groups in total. The summed E-state index contributed by atoms with van der Waals surface area (Å²) in [6.45, 7) is 4.80. The second-order valence-electron chi connectivity index (χ2n) is 4.69. The van der Waals surface area contributed by atoms with E-state index in [4.69, 9.17) is 0 Å². The van der Waals surface area contributed by atoms with Gasteiger partial charge in [0.2, 0.25) is 0 Å². The van der Waals surface area contributed by atoms with Gasteiger partial charge in [0.1, 0.15) is 0 Å². The standard InChI is InChI=1S/C15H18N4/c1-2-16-11-13-7-8-15(18-17-13)19-10-9-12-5-3-4-6-14(12)19/h3-8,16H,2,9-11H2,1H3. The van der Waals surface area contributed by atoms with Crippen molar-refractivity contribution in [2.24, 2.45) is 0 Å². The molecule has 0 fully saturated rings. The van der Waals surface area contributed by atoms with E-state index in [1.54, 1.807) is 0 Å². The van der Waals surface area contributed by atoms with E-state index in [1.165, 1.54) is 11.3 Å². The summed E-state index contributed by atoms with van der Waals surface area (Å²) < 4.78 is 0. The molecule has 0 atom stereocenters. The predicted molar refractivity (Wildman–Crippen MR) is 76.6 cm³/mol. The molecule has 98 valence electrons. The summed E-state index contributed by atoms with van der Waals surface area (Å²) in [5.41, 5.74) is 3.63. The van der Waals surface area contributed by atoms with Crippen LogP contribution in [0.2, 0.25) is 0 Å². The van der Waals surface area contributed by atoms with Gasteiger partial charge in [0.15, 0.2) is 5.82 Å². The number of fused-ring (bicyclic) bond motifs is 1. The van der Waals surface area contributed by atoms with Crippen LogP contribution in [0.15, 0.2) is 36.4 Å². The maximum Gasteiger partial charge on any atom is 0.155 e. The topological polar surface area (TPSA) is 41.0 Å². The minimum atomic E-state index is 0.778. The third kappa shape index (κ3) is 2.44. The molecule has 2 aromatic rings. The number of para-hydroxylation sites is 1. The number of anilines is 2. The van der Waals surface area contributed by atoms with Crippen molar-refractivity contribution in [1.29, 1.82) is 0 Å². The van der Waals surface area contributed by atoms with Gasteiger partial charge >= 0.3 is 0 Å². The largest absolute Gasteiger partial charge is 0.324 e. The van der Waals surface area contributed by atoms with Crippen LogP contribution in [-0.4, -0.2) is 23.3 Å². The molecule has 0 bridgehead atoms. The minimum absolute atomic E-state index is 0.778. The molecule has 0 amide bonds. The normalized spacial score (nSPS) is 13.6. The van der Waals surface area contributed by atoms with E-state index in [-0.39, 0.29) is 0 Å². The van der Waals surface area contributed by atoms with E-state index in [9.17, 15) is 0 Å². The molecule has 4 heteroatoms. The molecule has 0 saturated heterocycles. The molecular formula is C15H18N4. The Balaban J connectivity index is 1.80. The summed E-state index contributed by atoms with van der Waals surface area (Å²) in [4.78, 5) is 2.24. The molecule has 1 aliphatic rings. The highest BCUT2D eigenvalue weighted by Gasteiger charge is 2.20. The molecule has 2 heterocycles. The zero-order valence-corrected chi connectivity index (χ0v) is 11.1. The maximum absolute atomic E-state index is 4.35. The summed E-state index contributed by atoms with van der Waals surface area (Å²) in [5, 5.41) is 11.9. The van der Waals surface area contributed by atoms with E-state index in [0.717, 1.165) is 37.6 Å². The Bertz CT molecular complexity index is 550. The van der Waals surface area contributed by atoms with E-state index in [0.29, 0.717) is 0 Å². The highest BCUT2D eigenvalue weighted by atomic mass is 15.3. The lowest BCUT2D eigenvalue weighted by atomic mass is 10.2. The van der Waals surface area contributed by atoms with Crippen molar-refractivity contribution in [2.45, 2.75) is 19.9 Å². The lowest BCUT2D eigenvalue weighted by molar-refractivity contribution is 0.698. The van der Waals surface area contributed by atoms with Crippen LogP contribution in [-0.2, 0) is 13.0 Å². The van der Waals surface area contributed by atoms with Gasteiger partial charge in [-0.25, -0.2) is 0 Å². The quantitative estimate of drug-likeness (QED) is 0.909. The minimum Gasteiger partial charge on any atom is -0.324 e. The van der Waals surface area contributed by atoms with Crippen LogP contribution >= 0.6 is 0 Å². The van der Waals surface area contributed by atoms with Crippen molar-refractivity contribution in [3.05, 3.63) is 47.7 Å². The number of hydrogen-bond acceptors (Lipinski definition) is 4. The Hall–Kier alpha value is -1.94. The Morgan fingerprint density at radius 1 is 1.16 bits per heavy atom. The first-order valence-corrected chi connectivity index (χ1v) is 6.77. The molecule has 0 spiro atoms. The predicted octanol–water partition coefficient (Wildman–Crippen LogP) is 2.28. The fraction of sp³-hybridized carbons (Fsp3) is 0.333. The monoisotopic (exact) mass is 254 g/mol. The molecule has 3 rings (SSSR count). The highest BCUT2D eigenvalue weighted by Crippen LogP contribution is 2.32. The number of aromatic nitrogens is 2. The van der Waals surface area contributed by atoms with Gasteiger partial charge in [0, 0.05) is 18.8 Å². The van der Waals surface area contributed by atoms with Gasteiger partial charge in [-0.05, 0) is 36.7 Å². The van der Waals surface area contributed by atoms with E-state index >= 15 is 0 Å². The van der Waals surface area contributed by atoms with Crippen LogP contribution in [0.1, 0.15) is 18.2 Å². The smallest absolute Gasteiger partial charge is 0.155 e. The Morgan fingerprint density at radius 2 is 2.05 bits per heavy atom. The molecule has 4 nitrogen and oxygen atoms in total. The van der Waals surface area contributed by atoms with Crippen LogP contribution in [0, 0.1) is 0 Å². The second kappa shape index (κ2) is 5.36. The lowest BCUT2D eigenvalue weighted by Gasteiger charge is -2.17. The fourth-order valence-electron chi connectivity index (χ4n) is 2.42. The average molecular weight is 254 g/mol. The van der Waals surface area contributed by atoms with Crippen molar-refractivity contribution in [2.75, 3.05) is 18.0 Å². The third-order valence-corrected chi connectivity index (χ3v) is 3.43. The average Bonchev–Trinajstić information content (AvgIpc) is 2.90. The molecule has 1 aromatic heterocycles. The highest BCUT2D eigenvalue weighted by molar-refractivity contribution is 5.67. The lowest BCUT2D eigenvalue weighted by Crippen LogP contribution is -2.17. The van der Waals surface area contributed by atoms with Crippen molar-refractivity contribution < 1.29 is 0 Å². The van der Waals surface area contributed by atoms with Crippen molar-refractivity contribution in [3.8, 4) is 0 Å². The zero-order valence-electron chi connectivity index (χ0n) is 11.1. The van der Waals surface area contributed by atoms with Crippen molar-refractivity contribution in [1.82, 2.24) is 15.5 Å². The van der Waals surface area contributed by atoms with Crippen LogP contribution in [0.4, 0.5) is 11.5 Å². The Morgan fingerprint density at radius 3 is 2.84 bits per heavy atom. The number of benzene rings is 1. The first-order valence-electron chi connectivity index (χ1n) is 6.77. The maximum atomic E-state index is 4.35. The molecule has 19 heavy (non-hydrogen) atoms. The third-order valence-electron chi connectivity index (χ3n) is 3.43. The SMILES string of the molecule is CCNCc1ccc(N2CCc3ccccc32)nn1. The summed E-state index contributed by atoms with van der Waals surface area (Å²) in [6.07, 6.45) is 1.08. The molecular weight excluding hydrogens is 236 g/mol. The molecule has 1 aromatic carbocycles. The van der Waals surface area contributed by atoms with E-state index in [1.807, 2.05) is 6.07 Å². The van der Waals surface area contributed by atoms with Gasteiger partial charge < -0.3 is 10.2 Å². The van der Waals surface area contributed by atoms with Crippen LogP contribution in [0.5, 0.6) is 0 Å². The first kappa shape index (κ1) is 12.1. The van der Waals surface area contributed by atoms with Crippen LogP contribution in [0.25, 0.3) is 0 Å². The van der Waals surface area contributed by atoms with Crippen molar-refractivity contribution in [3.63, 3.8) is 0 Å². The summed E-state index contributed by atoms with van der Waals surface area (Å²) >= 11 is 0. The number of nitrogens with zero attached hydrogens (tertiary/aromatic N) is 3. The summed E-state index contributed by atoms with van der Waals surface area (Å²) in [5.74, 6) is 0.935. The van der Waals surface area contributed by atoms with Crippen LogP contribution in [0.3, 0.4) is 0 Å². The van der Waals surface area contributed by atoms with Crippen molar-refractivity contribution >= 4 is 11.5 Å². The van der Waals surface area contributed by atoms with Gasteiger partial charge in [0.25, 0.3) is 0 Å². The van der Waals surface area contributed by atoms with Gasteiger partial charge in [-0.3, -0.25) is 0 Å². The van der Waals surface area contributed by atoms with E-state index in [2.05, 4.69) is 57.7 Å². The Labute approximate surface area is 113 Å². The molecule has 0 unspecified atom stereocenters. The number of rotatable bonds is 4. The molecule has 0 aliphatic carbocycles. The fourth-order valence-corrected chi connectivity index (χ4v) is 2.42. The summed E-state index contributed by atoms with van der Waals surface area (Å²) in [6, 6.07) is 12.6. The molecule has 1 aliphatic heterocycles. The van der Waals surface area contributed by atoms with Gasteiger partial charge in [-0.1, -0.05) is 25.1 Å². The molecule has 0 radical (unpaired) electrons. The van der Waals surface area contributed by atoms with E-state index < -0.39 is 0 Å². The van der Waals surface area contributed by atoms with Crippen LogP contribution < -0.4 is 10.2 Å². The number of nitrogens with one attached hydrogen (secondary N) is 1. The second-order valence-corrected chi connectivity index (χ2v) is 4.69.